The second kappa shape index (κ2) is 8.29. The summed E-state index contributed by atoms with van der Waals surface area (Å²) in [6.45, 7) is 0. The van der Waals surface area contributed by atoms with E-state index in [1.807, 2.05) is 54.6 Å². The van der Waals surface area contributed by atoms with Crippen molar-refractivity contribution < 1.29 is 4.42 Å². The Morgan fingerprint density at radius 2 is 1.14 bits per heavy atom. The molecule has 0 aliphatic carbocycles. The minimum atomic E-state index is 0.165. The van der Waals surface area contributed by atoms with E-state index in [9.17, 15) is 0 Å². The zero-order valence-corrected chi connectivity index (χ0v) is 19.8. The lowest BCUT2D eigenvalue weighted by Gasteiger charge is -2.07. The fraction of sp³-hybridized carbons (Fsp3) is 0. The molecule has 5 aromatic carbocycles. The average molecular weight is 484 g/mol. The van der Waals surface area contributed by atoms with Gasteiger partial charge in [-0.15, -0.1) is 0 Å². The van der Waals surface area contributed by atoms with Crippen LogP contribution >= 0.6 is 11.6 Å². The summed E-state index contributed by atoms with van der Waals surface area (Å²) in [5, 5.41) is 4.52. The lowest BCUT2D eigenvalue weighted by Crippen LogP contribution is -1.97. The first kappa shape index (κ1) is 20.8. The van der Waals surface area contributed by atoms with Crippen LogP contribution in [0.1, 0.15) is 0 Å². The molecular formula is C31H18ClN3O. The Morgan fingerprint density at radius 3 is 1.97 bits per heavy atom. The highest BCUT2D eigenvalue weighted by Gasteiger charge is 2.12. The predicted octanol–water partition coefficient (Wildman–Crippen LogP) is 8.58. The van der Waals surface area contributed by atoms with E-state index in [1.54, 1.807) is 0 Å². The number of benzene rings is 5. The molecule has 5 heteroatoms. The molecule has 2 aromatic heterocycles. The third-order valence-corrected chi connectivity index (χ3v) is 6.62. The quantitative estimate of drug-likeness (QED) is 0.252. The molecular weight excluding hydrogens is 466 g/mol. The van der Waals surface area contributed by atoms with Crippen molar-refractivity contribution in [3.05, 3.63) is 114 Å². The SMILES string of the molecule is Clc1nc(-c2ccc(-c3ccccc3)cc2)nc(-c2ccc3cc4oc5ccccc5c4cc3c2)n1. The van der Waals surface area contributed by atoms with E-state index in [4.69, 9.17) is 21.0 Å². The van der Waals surface area contributed by atoms with Crippen LogP contribution < -0.4 is 0 Å². The zero-order valence-electron chi connectivity index (χ0n) is 19.0. The molecule has 0 fully saturated rings. The summed E-state index contributed by atoms with van der Waals surface area (Å²) in [4.78, 5) is 13.6. The summed E-state index contributed by atoms with van der Waals surface area (Å²) < 4.78 is 6.04. The molecule has 36 heavy (non-hydrogen) atoms. The van der Waals surface area contributed by atoms with Crippen LogP contribution in [0.4, 0.5) is 0 Å². The van der Waals surface area contributed by atoms with Crippen LogP contribution in [-0.4, -0.2) is 15.0 Å². The molecule has 0 spiro atoms. The zero-order chi connectivity index (χ0) is 24.1. The fourth-order valence-electron chi connectivity index (χ4n) is 4.66. The van der Waals surface area contributed by atoms with Crippen molar-refractivity contribution in [3.63, 3.8) is 0 Å². The van der Waals surface area contributed by atoms with Gasteiger partial charge in [0.1, 0.15) is 11.2 Å². The Labute approximate surface area is 211 Å². The Bertz CT molecular complexity index is 1890. The number of para-hydroxylation sites is 1. The second-order valence-electron chi connectivity index (χ2n) is 8.70. The van der Waals surface area contributed by atoms with Gasteiger partial charge in [-0.1, -0.05) is 84.9 Å². The highest BCUT2D eigenvalue weighted by Crippen LogP contribution is 2.34. The molecule has 0 atom stereocenters. The lowest BCUT2D eigenvalue weighted by atomic mass is 10.0. The van der Waals surface area contributed by atoms with Crippen LogP contribution in [0.2, 0.25) is 5.28 Å². The lowest BCUT2D eigenvalue weighted by molar-refractivity contribution is 0.669. The van der Waals surface area contributed by atoms with Gasteiger partial charge in [-0.3, -0.25) is 0 Å². The summed E-state index contributed by atoms with van der Waals surface area (Å²) >= 11 is 6.35. The van der Waals surface area contributed by atoms with E-state index < -0.39 is 0 Å². The molecule has 170 valence electrons. The summed E-state index contributed by atoms with van der Waals surface area (Å²) in [7, 11) is 0. The van der Waals surface area contributed by atoms with Crippen molar-refractivity contribution in [1.29, 1.82) is 0 Å². The number of rotatable bonds is 3. The first-order valence-electron chi connectivity index (χ1n) is 11.6. The Kier molecular flexibility index (Phi) is 4.79. The van der Waals surface area contributed by atoms with Crippen LogP contribution in [0.15, 0.2) is 114 Å². The summed E-state index contributed by atoms with van der Waals surface area (Å²) in [5.74, 6) is 1.08. The van der Waals surface area contributed by atoms with E-state index >= 15 is 0 Å². The van der Waals surface area contributed by atoms with Crippen molar-refractivity contribution in [1.82, 2.24) is 15.0 Å². The van der Waals surface area contributed by atoms with Gasteiger partial charge >= 0.3 is 0 Å². The fourth-order valence-corrected chi connectivity index (χ4v) is 4.82. The van der Waals surface area contributed by atoms with Gasteiger partial charge in [-0.2, -0.15) is 9.97 Å². The molecule has 4 nitrogen and oxygen atoms in total. The molecule has 7 rings (SSSR count). The van der Waals surface area contributed by atoms with Crippen molar-refractivity contribution in [2.24, 2.45) is 0 Å². The second-order valence-corrected chi connectivity index (χ2v) is 9.04. The van der Waals surface area contributed by atoms with Crippen LogP contribution in [-0.2, 0) is 0 Å². The number of hydrogen-bond acceptors (Lipinski definition) is 4. The van der Waals surface area contributed by atoms with Gasteiger partial charge in [0.15, 0.2) is 11.6 Å². The normalized spacial score (nSPS) is 11.5. The Hall–Kier alpha value is -4.54. The van der Waals surface area contributed by atoms with E-state index in [0.717, 1.165) is 55.0 Å². The maximum Gasteiger partial charge on any atom is 0.226 e. The summed E-state index contributed by atoms with van der Waals surface area (Å²) in [6, 6.07) is 36.9. The average Bonchev–Trinajstić information content (AvgIpc) is 3.29. The first-order chi connectivity index (χ1) is 17.7. The molecule has 0 saturated heterocycles. The van der Waals surface area contributed by atoms with E-state index in [1.165, 1.54) is 0 Å². The third-order valence-electron chi connectivity index (χ3n) is 6.45. The largest absolute Gasteiger partial charge is 0.456 e. The molecule has 0 saturated carbocycles. The van der Waals surface area contributed by atoms with Gasteiger partial charge in [-0.25, -0.2) is 4.98 Å². The van der Waals surface area contributed by atoms with Crippen molar-refractivity contribution in [3.8, 4) is 33.9 Å². The Balaban J connectivity index is 1.30. The van der Waals surface area contributed by atoms with E-state index in [2.05, 4.69) is 64.6 Å². The van der Waals surface area contributed by atoms with Crippen LogP contribution in [0.25, 0.3) is 66.6 Å². The molecule has 0 radical (unpaired) electrons. The topological polar surface area (TPSA) is 51.8 Å². The Morgan fingerprint density at radius 1 is 0.472 bits per heavy atom. The molecule has 0 N–H and O–H groups in total. The highest BCUT2D eigenvalue weighted by molar-refractivity contribution is 6.28. The molecule has 0 aliphatic rings. The number of aromatic nitrogens is 3. The first-order valence-corrected chi connectivity index (χ1v) is 12.0. The van der Waals surface area contributed by atoms with Gasteiger partial charge in [-0.05, 0) is 57.8 Å². The van der Waals surface area contributed by atoms with Crippen molar-refractivity contribution in [2.75, 3.05) is 0 Å². The molecule has 2 heterocycles. The van der Waals surface area contributed by atoms with Crippen LogP contribution in [0, 0.1) is 0 Å². The standard InChI is InChI=1S/C31H18ClN3O/c32-31-34-29(21-12-10-20(11-13-21)19-6-2-1-3-7-19)33-30(35-31)23-15-14-22-18-28-26(17-24(22)16-23)25-8-4-5-9-27(25)36-28/h1-18H. The molecule has 0 unspecified atom stereocenters. The molecule has 0 aliphatic heterocycles. The summed E-state index contributed by atoms with van der Waals surface area (Å²) in [6.07, 6.45) is 0. The van der Waals surface area contributed by atoms with E-state index in [-0.39, 0.29) is 5.28 Å². The maximum atomic E-state index is 6.35. The van der Waals surface area contributed by atoms with Crippen molar-refractivity contribution >= 4 is 44.3 Å². The van der Waals surface area contributed by atoms with Crippen LogP contribution in [0.5, 0.6) is 0 Å². The minimum Gasteiger partial charge on any atom is -0.456 e. The predicted molar refractivity (Wildman–Crippen MR) is 146 cm³/mol. The number of halogens is 1. The van der Waals surface area contributed by atoms with Gasteiger partial charge < -0.3 is 4.42 Å². The number of nitrogens with zero attached hydrogens (tertiary/aromatic N) is 3. The highest BCUT2D eigenvalue weighted by atomic mass is 35.5. The number of fused-ring (bicyclic) bond motifs is 4. The smallest absolute Gasteiger partial charge is 0.226 e. The number of furan rings is 1. The van der Waals surface area contributed by atoms with Gasteiger partial charge in [0.05, 0.1) is 0 Å². The minimum absolute atomic E-state index is 0.165. The summed E-state index contributed by atoms with van der Waals surface area (Å²) in [5.41, 5.74) is 5.81. The molecule has 0 bridgehead atoms. The molecule has 7 aromatic rings. The van der Waals surface area contributed by atoms with Gasteiger partial charge in [0, 0.05) is 21.9 Å². The molecule has 0 amide bonds. The van der Waals surface area contributed by atoms with Crippen LogP contribution in [0.3, 0.4) is 0 Å². The van der Waals surface area contributed by atoms with Crippen molar-refractivity contribution in [2.45, 2.75) is 0 Å². The maximum absolute atomic E-state index is 6.35. The van der Waals surface area contributed by atoms with Gasteiger partial charge in [0.25, 0.3) is 0 Å². The third kappa shape index (κ3) is 3.60. The van der Waals surface area contributed by atoms with E-state index in [0.29, 0.717) is 11.6 Å². The monoisotopic (exact) mass is 483 g/mol. The number of hydrogen-bond donors (Lipinski definition) is 0. The van der Waals surface area contributed by atoms with Gasteiger partial charge in [0.2, 0.25) is 5.28 Å².